The molecule has 19 heavy (non-hydrogen) atoms. The van der Waals surface area contributed by atoms with Gasteiger partial charge in [0.2, 0.25) is 0 Å². The van der Waals surface area contributed by atoms with E-state index < -0.39 is 0 Å². The zero-order valence-corrected chi connectivity index (χ0v) is 12.5. The van der Waals surface area contributed by atoms with Gasteiger partial charge in [-0.05, 0) is 58.6 Å². The Morgan fingerprint density at radius 3 is 2.58 bits per heavy atom. The molecule has 0 bridgehead atoms. The first kappa shape index (κ1) is 14.5. The Morgan fingerprint density at radius 1 is 1.21 bits per heavy atom. The van der Waals surface area contributed by atoms with Gasteiger partial charge in [0.1, 0.15) is 0 Å². The highest BCUT2D eigenvalue weighted by molar-refractivity contribution is 5.30. The molecule has 0 aromatic heterocycles. The molecule has 0 spiro atoms. The Hall–Kier alpha value is -0.860. The Labute approximate surface area is 117 Å². The van der Waals surface area contributed by atoms with Crippen LogP contribution < -0.4 is 5.32 Å². The molecule has 106 valence electrons. The van der Waals surface area contributed by atoms with Crippen LogP contribution in [0.25, 0.3) is 0 Å². The molecule has 1 fully saturated rings. The third kappa shape index (κ3) is 4.63. The van der Waals surface area contributed by atoms with Crippen molar-refractivity contribution < 1.29 is 4.74 Å². The highest BCUT2D eigenvalue weighted by Crippen LogP contribution is 2.18. The lowest BCUT2D eigenvalue weighted by molar-refractivity contribution is 0.0112. The van der Waals surface area contributed by atoms with E-state index in [2.05, 4.69) is 44.3 Å². The summed E-state index contributed by atoms with van der Waals surface area (Å²) >= 11 is 0. The van der Waals surface area contributed by atoms with Gasteiger partial charge in [0.25, 0.3) is 0 Å². The fourth-order valence-electron chi connectivity index (χ4n) is 2.87. The van der Waals surface area contributed by atoms with Gasteiger partial charge in [0, 0.05) is 12.6 Å². The highest BCUT2D eigenvalue weighted by atomic mass is 16.5. The average molecular weight is 261 g/mol. The maximum absolute atomic E-state index is 5.76. The standard InChI is InChI=1S/C17H27NO/c1-13-10-14(2)12-16(11-13)15(3)18-8-7-17-6-4-5-9-19-17/h10-12,15,17-18H,4-9H2,1-3H3. The van der Waals surface area contributed by atoms with Gasteiger partial charge in [-0.2, -0.15) is 0 Å². The molecule has 2 nitrogen and oxygen atoms in total. The highest BCUT2D eigenvalue weighted by Gasteiger charge is 2.14. The van der Waals surface area contributed by atoms with E-state index in [1.165, 1.54) is 36.0 Å². The van der Waals surface area contributed by atoms with Crippen LogP contribution in [0.4, 0.5) is 0 Å². The van der Waals surface area contributed by atoms with Crippen molar-refractivity contribution in [1.82, 2.24) is 5.32 Å². The van der Waals surface area contributed by atoms with Crippen LogP contribution in [-0.4, -0.2) is 19.3 Å². The van der Waals surface area contributed by atoms with Gasteiger partial charge < -0.3 is 10.1 Å². The van der Waals surface area contributed by atoms with Crippen molar-refractivity contribution in [3.05, 3.63) is 34.9 Å². The van der Waals surface area contributed by atoms with Crippen molar-refractivity contribution in [2.45, 2.75) is 58.6 Å². The van der Waals surface area contributed by atoms with Crippen LogP contribution in [0.1, 0.15) is 55.3 Å². The molecule has 0 radical (unpaired) electrons. The SMILES string of the molecule is Cc1cc(C)cc(C(C)NCCC2CCCCO2)c1. The van der Waals surface area contributed by atoms with E-state index in [-0.39, 0.29) is 0 Å². The molecule has 1 aliphatic rings. The molecule has 1 aromatic rings. The van der Waals surface area contributed by atoms with Gasteiger partial charge >= 0.3 is 0 Å². The largest absolute Gasteiger partial charge is 0.378 e. The maximum Gasteiger partial charge on any atom is 0.0587 e. The van der Waals surface area contributed by atoms with Crippen molar-refractivity contribution in [2.24, 2.45) is 0 Å². The third-order valence-electron chi connectivity index (χ3n) is 3.93. The van der Waals surface area contributed by atoms with E-state index in [0.717, 1.165) is 19.6 Å². The maximum atomic E-state index is 5.76. The first-order valence-corrected chi connectivity index (χ1v) is 7.58. The number of ether oxygens (including phenoxy) is 1. The number of rotatable bonds is 5. The smallest absolute Gasteiger partial charge is 0.0587 e. The van der Waals surface area contributed by atoms with Crippen LogP contribution in [0.2, 0.25) is 0 Å². The van der Waals surface area contributed by atoms with Crippen LogP contribution in [0, 0.1) is 13.8 Å². The average Bonchev–Trinajstić information content (AvgIpc) is 2.38. The summed E-state index contributed by atoms with van der Waals surface area (Å²) in [7, 11) is 0. The predicted octanol–water partition coefficient (Wildman–Crippen LogP) is 3.91. The van der Waals surface area contributed by atoms with E-state index >= 15 is 0 Å². The van der Waals surface area contributed by atoms with Gasteiger partial charge in [-0.1, -0.05) is 29.3 Å². The molecule has 0 saturated carbocycles. The molecule has 2 heteroatoms. The van der Waals surface area contributed by atoms with E-state index in [0.29, 0.717) is 12.1 Å². The number of benzene rings is 1. The lowest BCUT2D eigenvalue weighted by Gasteiger charge is -2.23. The number of hydrogen-bond acceptors (Lipinski definition) is 2. The predicted molar refractivity (Wildman–Crippen MR) is 80.5 cm³/mol. The van der Waals surface area contributed by atoms with Crippen molar-refractivity contribution in [2.75, 3.05) is 13.2 Å². The summed E-state index contributed by atoms with van der Waals surface area (Å²) < 4.78 is 5.76. The molecule has 1 aromatic carbocycles. The summed E-state index contributed by atoms with van der Waals surface area (Å²) in [6.45, 7) is 8.57. The fourth-order valence-corrected chi connectivity index (χ4v) is 2.87. The van der Waals surface area contributed by atoms with Gasteiger partial charge in [-0.3, -0.25) is 0 Å². The zero-order valence-electron chi connectivity index (χ0n) is 12.5. The molecule has 0 aliphatic carbocycles. The van der Waals surface area contributed by atoms with E-state index in [4.69, 9.17) is 4.74 Å². The second kappa shape index (κ2) is 7.06. The molecular formula is C17H27NO. The Kier molecular flexibility index (Phi) is 5.41. The summed E-state index contributed by atoms with van der Waals surface area (Å²) in [6, 6.07) is 7.21. The first-order chi connectivity index (χ1) is 9.15. The monoisotopic (exact) mass is 261 g/mol. The molecule has 2 unspecified atom stereocenters. The molecule has 1 heterocycles. The minimum atomic E-state index is 0.419. The van der Waals surface area contributed by atoms with Crippen LogP contribution in [-0.2, 0) is 4.74 Å². The lowest BCUT2D eigenvalue weighted by Crippen LogP contribution is -2.27. The van der Waals surface area contributed by atoms with Crippen LogP contribution in [0.15, 0.2) is 18.2 Å². The van der Waals surface area contributed by atoms with Crippen LogP contribution in [0.5, 0.6) is 0 Å². The fraction of sp³-hybridized carbons (Fsp3) is 0.647. The summed E-state index contributed by atoms with van der Waals surface area (Å²) in [5.74, 6) is 0. The molecule has 1 N–H and O–H groups in total. The molecule has 0 amide bonds. The van der Waals surface area contributed by atoms with Crippen molar-refractivity contribution in [1.29, 1.82) is 0 Å². The van der Waals surface area contributed by atoms with Crippen molar-refractivity contribution >= 4 is 0 Å². The summed E-state index contributed by atoms with van der Waals surface area (Å²) in [5.41, 5.74) is 4.08. The quantitative estimate of drug-likeness (QED) is 0.867. The summed E-state index contributed by atoms with van der Waals surface area (Å²) in [6.07, 6.45) is 5.42. The summed E-state index contributed by atoms with van der Waals surface area (Å²) in [5, 5.41) is 3.62. The number of nitrogens with one attached hydrogen (secondary N) is 1. The molecule has 2 atom stereocenters. The van der Waals surface area contributed by atoms with Gasteiger partial charge in [0.05, 0.1) is 6.10 Å². The molecule has 1 aliphatic heterocycles. The number of hydrogen-bond donors (Lipinski definition) is 1. The lowest BCUT2D eigenvalue weighted by atomic mass is 10.0. The summed E-state index contributed by atoms with van der Waals surface area (Å²) in [4.78, 5) is 0. The Balaban J connectivity index is 1.78. The second-order valence-electron chi connectivity index (χ2n) is 5.87. The molecular weight excluding hydrogens is 234 g/mol. The Bertz CT molecular complexity index is 376. The number of aryl methyl sites for hydroxylation is 2. The third-order valence-corrected chi connectivity index (χ3v) is 3.93. The van der Waals surface area contributed by atoms with Crippen molar-refractivity contribution in [3.8, 4) is 0 Å². The van der Waals surface area contributed by atoms with E-state index in [1.54, 1.807) is 0 Å². The van der Waals surface area contributed by atoms with Crippen LogP contribution >= 0.6 is 0 Å². The Morgan fingerprint density at radius 2 is 1.95 bits per heavy atom. The molecule has 2 rings (SSSR count). The second-order valence-corrected chi connectivity index (χ2v) is 5.87. The zero-order chi connectivity index (χ0) is 13.7. The van der Waals surface area contributed by atoms with E-state index in [9.17, 15) is 0 Å². The topological polar surface area (TPSA) is 21.3 Å². The minimum Gasteiger partial charge on any atom is -0.378 e. The van der Waals surface area contributed by atoms with Crippen LogP contribution in [0.3, 0.4) is 0 Å². The minimum absolute atomic E-state index is 0.419. The first-order valence-electron chi connectivity index (χ1n) is 7.58. The molecule has 1 saturated heterocycles. The van der Waals surface area contributed by atoms with Gasteiger partial charge in [-0.25, -0.2) is 0 Å². The van der Waals surface area contributed by atoms with Gasteiger partial charge in [0.15, 0.2) is 0 Å². The van der Waals surface area contributed by atoms with E-state index in [1.807, 2.05) is 0 Å². The normalized spacial score (nSPS) is 21.3. The van der Waals surface area contributed by atoms with Crippen molar-refractivity contribution in [3.63, 3.8) is 0 Å². The van der Waals surface area contributed by atoms with Gasteiger partial charge in [-0.15, -0.1) is 0 Å².